The molecule has 0 saturated heterocycles. The molecule has 20 heteroatoms. The fourth-order valence-corrected chi connectivity index (χ4v) is 6.62. The number of nitrogens with zero attached hydrogens (tertiary/aromatic N) is 5. The van der Waals surface area contributed by atoms with Crippen LogP contribution in [0.5, 0.6) is 0 Å². The Morgan fingerprint density at radius 1 is 0.965 bits per heavy atom. The predicted octanol–water partition coefficient (Wildman–Crippen LogP) is 4.73. The number of hydrogen-bond acceptors (Lipinski definition) is 11. The maximum Gasteiger partial charge on any atom is 0.490 e. The number of alkyl halides is 3. The highest BCUT2D eigenvalue weighted by atomic mass is 32.2. The molecule has 0 bridgehead atoms. The molecule has 57 heavy (non-hydrogen) atoms. The van der Waals surface area contributed by atoms with Crippen LogP contribution in [0.25, 0.3) is 22.5 Å². The molecule has 0 aliphatic heterocycles. The second-order valence-corrected chi connectivity index (χ2v) is 16.4. The van der Waals surface area contributed by atoms with Gasteiger partial charge in [0.2, 0.25) is 17.6 Å². The zero-order valence-electron chi connectivity index (χ0n) is 31.5. The molecule has 1 atom stereocenters. The molecule has 1 aliphatic rings. The predicted molar refractivity (Wildman–Crippen MR) is 200 cm³/mol. The summed E-state index contributed by atoms with van der Waals surface area (Å²) in [7, 11) is -3.44. The van der Waals surface area contributed by atoms with Crippen LogP contribution in [0.3, 0.4) is 0 Å². The van der Waals surface area contributed by atoms with Crippen molar-refractivity contribution in [3.63, 3.8) is 0 Å². The van der Waals surface area contributed by atoms with E-state index in [4.69, 9.17) is 20.4 Å². The molecule has 2 aromatic heterocycles. The summed E-state index contributed by atoms with van der Waals surface area (Å²) in [5, 5.41) is 24.0. The number of nitrogens with two attached hydrogens (primary N) is 1. The fourth-order valence-electron chi connectivity index (χ4n) is 6.02. The number of aromatic nitrogens is 5. The van der Waals surface area contributed by atoms with Crippen LogP contribution in [0.4, 0.5) is 23.7 Å². The Hall–Kier alpha value is -5.92. The third-order valence-electron chi connectivity index (χ3n) is 8.86. The van der Waals surface area contributed by atoms with Gasteiger partial charge in [0.05, 0.1) is 4.90 Å². The van der Waals surface area contributed by atoms with Gasteiger partial charge >= 0.3 is 18.2 Å². The lowest BCUT2D eigenvalue weighted by molar-refractivity contribution is -0.192. The number of sulfone groups is 1. The van der Waals surface area contributed by atoms with Gasteiger partial charge in [0, 0.05) is 54.3 Å². The number of nitrogens with one attached hydrogen (secondary N) is 2. The molecule has 5 N–H and O–H groups in total. The number of aliphatic carboxylic acids is 1. The van der Waals surface area contributed by atoms with Gasteiger partial charge in [-0.25, -0.2) is 18.0 Å². The maximum absolute atomic E-state index is 14.4. The van der Waals surface area contributed by atoms with E-state index >= 15 is 0 Å². The number of rotatable bonds is 11. The number of benzene rings is 2. The van der Waals surface area contributed by atoms with Gasteiger partial charge in [0.15, 0.2) is 9.84 Å². The minimum absolute atomic E-state index is 0.112. The molecule has 4 aromatic rings. The van der Waals surface area contributed by atoms with Crippen molar-refractivity contribution in [2.75, 3.05) is 17.7 Å². The van der Waals surface area contributed by atoms with Gasteiger partial charge in [-0.2, -0.15) is 18.4 Å². The first-order valence-electron chi connectivity index (χ1n) is 17.6. The van der Waals surface area contributed by atoms with E-state index in [0.717, 1.165) is 30.2 Å². The molecule has 5 rings (SSSR count). The molecular weight excluding hydrogens is 774 g/mol. The average Bonchev–Trinajstić information content (AvgIpc) is 3.69. The first-order chi connectivity index (χ1) is 26.6. The molecule has 1 saturated carbocycles. The van der Waals surface area contributed by atoms with Gasteiger partial charge in [-0.05, 0) is 99.0 Å². The van der Waals surface area contributed by atoms with Crippen molar-refractivity contribution in [1.82, 2.24) is 30.9 Å². The quantitative estimate of drug-likeness (QED) is 0.161. The van der Waals surface area contributed by atoms with Crippen LogP contribution in [0.15, 0.2) is 71.9 Å². The second kappa shape index (κ2) is 18.4. The van der Waals surface area contributed by atoms with Crippen LogP contribution in [-0.2, 0) is 35.4 Å². The van der Waals surface area contributed by atoms with Crippen LogP contribution in [0.2, 0.25) is 0 Å². The molecule has 1 fully saturated rings. The van der Waals surface area contributed by atoms with Crippen molar-refractivity contribution < 1.29 is 50.6 Å². The molecule has 2 aromatic carbocycles. The Labute approximate surface area is 326 Å². The van der Waals surface area contributed by atoms with E-state index in [1.807, 2.05) is 45.0 Å². The van der Waals surface area contributed by atoms with Crippen LogP contribution in [0.1, 0.15) is 52.0 Å². The Bertz CT molecular complexity index is 2120. The molecule has 0 radical (unpaired) electrons. The number of carboxylic acid groups (broad SMARTS) is 1. The highest BCUT2D eigenvalue weighted by Crippen LogP contribution is 2.33. The number of carboxylic acids is 1. The van der Waals surface area contributed by atoms with Crippen LogP contribution in [0, 0.1) is 11.8 Å². The smallest absolute Gasteiger partial charge is 0.475 e. The van der Waals surface area contributed by atoms with E-state index in [1.165, 1.54) is 11.1 Å². The summed E-state index contributed by atoms with van der Waals surface area (Å²) in [4.78, 5) is 54.3. The van der Waals surface area contributed by atoms with Gasteiger partial charge in [-0.1, -0.05) is 24.3 Å². The number of aromatic amines is 1. The van der Waals surface area contributed by atoms with Crippen LogP contribution < -0.4 is 16.0 Å². The number of tetrazole rings is 1. The Kier molecular flexibility index (Phi) is 14.1. The topological polar surface area (TPSA) is 241 Å². The molecule has 0 spiro atoms. The standard InChI is InChI=1S/C35H42N8O6S.C2HF3O2/c1-35(2,3)49-34(46)38-19-23-7-11-26(12-8-23)33(45)43(28-15-13-25(14-16-28)32-39-41-42-40-32)30(31(36)44)17-22-5-9-24(10-6-22)27-18-29(21-37-20-27)50(4,47)48;3-2(4,5)1(6)7/h5-6,9-10,13-16,18,20-21,23,26,30H,7-8,11-12,17,19H2,1-4H3,(H2,36,44)(H,38,46)(H,39,40,41,42);(H,6,7)/t23-,26-,30-;/m0./s1. The maximum atomic E-state index is 14.4. The zero-order chi connectivity index (χ0) is 42.1. The lowest BCUT2D eigenvalue weighted by Crippen LogP contribution is -2.52. The largest absolute Gasteiger partial charge is 0.490 e. The number of carbonyl (C=O) groups is 4. The summed E-state index contributed by atoms with van der Waals surface area (Å²) in [5.41, 5.74) is 8.73. The lowest BCUT2D eigenvalue weighted by atomic mass is 9.81. The molecular formula is C37H43F3N8O8S. The third-order valence-corrected chi connectivity index (χ3v) is 9.94. The zero-order valence-corrected chi connectivity index (χ0v) is 32.3. The molecule has 1 aliphatic carbocycles. The second-order valence-electron chi connectivity index (χ2n) is 14.4. The van der Waals surface area contributed by atoms with Crippen molar-refractivity contribution in [2.45, 2.75) is 75.6 Å². The lowest BCUT2D eigenvalue weighted by Gasteiger charge is -2.36. The number of alkyl carbamates (subject to hydrolysis) is 1. The Balaban J connectivity index is 0.000000940. The number of amides is 3. The van der Waals surface area contributed by atoms with E-state index in [-0.39, 0.29) is 29.1 Å². The van der Waals surface area contributed by atoms with Gasteiger partial charge in [0.1, 0.15) is 11.6 Å². The summed E-state index contributed by atoms with van der Waals surface area (Å²) < 4.78 is 61.2. The van der Waals surface area contributed by atoms with Crippen molar-refractivity contribution >= 4 is 39.4 Å². The van der Waals surface area contributed by atoms with E-state index in [9.17, 15) is 36.0 Å². The average molecular weight is 817 g/mol. The van der Waals surface area contributed by atoms with Crippen molar-refractivity contribution in [2.24, 2.45) is 17.6 Å². The van der Waals surface area contributed by atoms with Crippen molar-refractivity contribution in [3.05, 3.63) is 72.6 Å². The van der Waals surface area contributed by atoms with E-state index in [2.05, 4.69) is 30.9 Å². The summed E-state index contributed by atoms with van der Waals surface area (Å²) in [6.07, 6.45) is 1.20. The van der Waals surface area contributed by atoms with Gasteiger partial charge in [0.25, 0.3) is 0 Å². The van der Waals surface area contributed by atoms with Crippen molar-refractivity contribution in [3.8, 4) is 22.5 Å². The van der Waals surface area contributed by atoms with Crippen LogP contribution >= 0.6 is 0 Å². The molecule has 16 nitrogen and oxygen atoms in total. The van der Waals surface area contributed by atoms with Gasteiger partial charge < -0.3 is 20.9 Å². The number of carbonyl (C=O) groups excluding carboxylic acids is 3. The number of primary amides is 1. The summed E-state index contributed by atoms with van der Waals surface area (Å²) >= 11 is 0. The van der Waals surface area contributed by atoms with E-state index < -0.39 is 45.6 Å². The first kappa shape index (κ1) is 43.8. The fraction of sp³-hybridized carbons (Fsp3) is 0.405. The van der Waals surface area contributed by atoms with Crippen molar-refractivity contribution in [1.29, 1.82) is 0 Å². The van der Waals surface area contributed by atoms with Crippen LogP contribution in [-0.4, -0.2) is 93.6 Å². The van der Waals surface area contributed by atoms with E-state index in [0.29, 0.717) is 42.0 Å². The normalized spacial score (nSPS) is 16.3. The molecule has 2 heterocycles. The molecule has 3 amide bonds. The minimum atomic E-state index is -5.08. The minimum Gasteiger partial charge on any atom is -0.475 e. The van der Waals surface area contributed by atoms with E-state index in [1.54, 1.807) is 36.5 Å². The number of anilines is 1. The van der Waals surface area contributed by atoms with Gasteiger partial charge in [-0.3, -0.25) is 19.5 Å². The monoisotopic (exact) mass is 816 g/mol. The highest BCUT2D eigenvalue weighted by Gasteiger charge is 2.38. The number of pyridine rings is 1. The summed E-state index contributed by atoms with van der Waals surface area (Å²) in [5.74, 6) is -3.41. The first-order valence-corrected chi connectivity index (χ1v) is 19.5. The molecule has 306 valence electrons. The number of ether oxygens (including phenoxy) is 1. The number of halogens is 3. The Morgan fingerprint density at radius 2 is 1.56 bits per heavy atom. The summed E-state index contributed by atoms with van der Waals surface area (Å²) in [6, 6.07) is 14.8. The number of hydrogen-bond donors (Lipinski definition) is 4. The summed E-state index contributed by atoms with van der Waals surface area (Å²) in [6.45, 7) is 5.87. The Morgan fingerprint density at radius 3 is 2.07 bits per heavy atom. The SMILES string of the molecule is CC(C)(C)OC(=O)NC[C@H]1CC[C@H](C(=O)N(c2ccc(-c3nn[nH]n3)cc2)[C@@H](Cc2ccc(-c3cncc(S(C)(=O)=O)c3)cc2)C(N)=O)CC1.O=C(O)C(F)(F)F. The van der Waals surface area contributed by atoms with Gasteiger partial charge in [-0.15, -0.1) is 10.2 Å². The highest BCUT2D eigenvalue weighted by molar-refractivity contribution is 7.90. The third kappa shape index (κ3) is 12.8. The molecule has 0 unspecified atom stereocenters. The number of H-pyrrole nitrogens is 1.